The highest BCUT2D eigenvalue weighted by atomic mass is 16.5. The van der Waals surface area contributed by atoms with Crippen LogP contribution in [0.15, 0.2) is 0 Å². The number of hydrogen-bond donors (Lipinski definition) is 1. The summed E-state index contributed by atoms with van der Waals surface area (Å²) in [5, 5.41) is 8.97. The van der Waals surface area contributed by atoms with Crippen molar-refractivity contribution in [2.24, 2.45) is 5.92 Å². The Morgan fingerprint density at radius 2 is 1.53 bits per heavy atom. The van der Waals surface area contributed by atoms with Gasteiger partial charge < -0.3 is 9.84 Å². The molecule has 2 bridgehead atoms. The maximum absolute atomic E-state index is 12.2. The minimum atomic E-state index is -0.779. The van der Waals surface area contributed by atoms with Crippen molar-refractivity contribution >= 4 is 17.8 Å². The van der Waals surface area contributed by atoms with Crippen LogP contribution < -0.4 is 0 Å². The highest BCUT2D eigenvalue weighted by molar-refractivity contribution is 6.02. The maximum atomic E-state index is 12.2. The molecule has 2 aliphatic heterocycles. The standard InChI is InChI=1S/C13H17NO5/c15-11-9-5-6-10(19-9)12(16)14(11)8-3-1-7(2-4-8)13(17)18/h7-10H,1-6H2,(H,17,18). The monoisotopic (exact) mass is 267 g/mol. The number of likely N-dealkylation sites (tertiary alicyclic amines) is 1. The maximum Gasteiger partial charge on any atom is 0.306 e. The SMILES string of the molecule is O=C(O)C1CCC(N2C(=O)C3CCC(O3)C2=O)CC1. The van der Waals surface area contributed by atoms with Crippen molar-refractivity contribution in [1.29, 1.82) is 0 Å². The van der Waals surface area contributed by atoms with Gasteiger partial charge in [-0.1, -0.05) is 0 Å². The van der Waals surface area contributed by atoms with Crippen molar-refractivity contribution in [3.8, 4) is 0 Å². The Kier molecular flexibility index (Phi) is 3.05. The van der Waals surface area contributed by atoms with Gasteiger partial charge >= 0.3 is 5.97 Å². The fourth-order valence-corrected chi connectivity index (χ4v) is 3.36. The van der Waals surface area contributed by atoms with E-state index >= 15 is 0 Å². The summed E-state index contributed by atoms with van der Waals surface area (Å²) in [5.41, 5.74) is 0. The van der Waals surface area contributed by atoms with E-state index in [0.29, 0.717) is 38.5 Å². The second kappa shape index (κ2) is 4.59. The van der Waals surface area contributed by atoms with E-state index in [1.54, 1.807) is 0 Å². The first-order valence-electron chi connectivity index (χ1n) is 6.83. The van der Waals surface area contributed by atoms with Gasteiger partial charge in [0.15, 0.2) is 0 Å². The number of aliphatic carboxylic acids is 1. The minimum Gasteiger partial charge on any atom is -0.481 e. The first-order valence-corrected chi connectivity index (χ1v) is 6.83. The molecule has 2 amide bonds. The fourth-order valence-electron chi connectivity index (χ4n) is 3.36. The van der Waals surface area contributed by atoms with Crippen LogP contribution in [-0.4, -0.2) is 46.0 Å². The largest absolute Gasteiger partial charge is 0.481 e. The molecule has 2 unspecified atom stereocenters. The summed E-state index contributed by atoms with van der Waals surface area (Å²) in [5.74, 6) is -1.56. The highest BCUT2D eigenvalue weighted by Gasteiger charge is 2.49. The van der Waals surface area contributed by atoms with Crippen molar-refractivity contribution < 1.29 is 24.2 Å². The molecule has 2 heterocycles. The second-order valence-electron chi connectivity index (χ2n) is 5.58. The zero-order valence-corrected chi connectivity index (χ0v) is 10.6. The summed E-state index contributed by atoms with van der Waals surface area (Å²) in [6, 6.07) is -0.136. The quantitative estimate of drug-likeness (QED) is 0.738. The zero-order valence-electron chi connectivity index (χ0n) is 10.6. The molecule has 1 saturated carbocycles. The van der Waals surface area contributed by atoms with Crippen molar-refractivity contribution in [3.63, 3.8) is 0 Å². The van der Waals surface area contributed by atoms with Gasteiger partial charge in [-0.05, 0) is 38.5 Å². The Labute approximate surface area is 110 Å². The molecule has 2 saturated heterocycles. The molecule has 6 heteroatoms. The molecule has 1 N–H and O–H groups in total. The van der Waals surface area contributed by atoms with E-state index in [1.807, 2.05) is 0 Å². The lowest BCUT2D eigenvalue weighted by Gasteiger charge is -2.38. The number of carboxylic acid groups (broad SMARTS) is 1. The molecule has 0 radical (unpaired) electrons. The number of carbonyl (C=O) groups excluding carboxylic acids is 2. The number of amides is 2. The number of carbonyl (C=O) groups is 3. The molecule has 104 valence electrons. The smallest absolute Gasteiger partial charge is 0.306 e. The Balaban J connectivity index is 1.71. The summed E-state index contributed by atoms with van der Waals surface area (Å²) in [6.45, 7) is 0. The Bertz CT molecular complexity index is 405. The topological polar surface area (TPSA) is 83.9 Å². The third-order valence-corrected chi connectivity index (χ3v) is 4.46. The third-order valence-electron chi connectivity index (χ3n) is 4.46. The van der Waals surface area contributed by atoms with E-state index < -0.39 is 18.2 Å². The molecule has 2 atom stereocenters. The molecule has 6 nitrogen and oxygen atoms in total. The lowest BCUT2D eigenvalue weighted by Crippen LogP contribution is -2.56. The van der Waals surface area contributed by atoms with Crippen LogP contribution in [0.2, 0.25) is 0 Å². The normalized spacial score (nSPS) is 38.6. The average Bonchev–Trinajstić information content (AvgIpc) is 2.84. The summed E-state index contributed by atoms with van der Waals surface area (Å²) < 4.78 is 5.37. The van der Waals surface area contributed by atoms with E-state index in [2.05, 4.69) is 0 Å². The first kappa shape index (κ1) is 12.6. The number of nitrogens with zero attached hydrogens (tertiary/aromatic N) is 1. The predicted octanol–water partition coefficient (Wildman–Crippen LogP) is 0.546. The molecule has 19 heavy (non-hydrogen) atoms. The summed E-state index contributed by atoms with van der Waals surface area (Å²) >= 11 is 0. The van der Waals surface area contributed by atoms with E-state index in [-0.39, 0.29) is 23.8 Å². The molecule has 0 aromatic heterocycles. The Morgan fingerprint density at radius 1 is 1.00 bits per heavy atom. The van der Waals surface area contributed by atoms with Gasteiger partial charge in [-0.3, -0.25) is 19.3 Å². The number of rotatable bonds is 2. The molecule has 0 aromatic rings. The lowest BCUT2D eigenvalue weighted by molar-refractivity contribution is -0.172. The molecular formula is C13H17NO5. The van der Waals surface area contributed by atoms with Crippen molar-refractivity contribution in [1.82, 2.24) is 4.90 Å². The van der Waals surface area contributed by atoms with Crippen molar-refractivity contribution in [2.75, 3.05) is 0 Å². The van der Waals surface area contributed by atoms with Crippen LogP contribution in [0.4, 0.5) is 0 Å². The zero-order chi connectivity index (χ0) is 13.6. The van der Waals surface area contributed by atoms with Crippen LogP contribution in [0.3, 0.4) is 0 Å². The van der Waals surface area contributed by atoms with Gasteiger partial charge in [0.2, 0.25) is 0 Å². The van der Waals surface area contributed by atoms with Crippen LogP contribution >= 0.6 is 0 Å². The van der Waals surface area contributed by atoms with E-state index in [4.69, 9.17) is 9.84 Å². The summed E-state index contributed by atoms with van der Waals surface area (Å²) in [6.07, 6.45) is 2.58. The van der Waals surface area contributed by atoms with Crippen LogP contribution in [0, 0.1) is 5.92 Å². The summed E-state index contributed by atoms with van der Waals surface area (Å²) in [7, 11) is 0. The number of imide groups is 1. The highest BCUT2D eigenvalue weighted by Crippen LogP contribution is 2.34. The fraction of sp³-hybridized carbons (Fsp3) is 0.769. The van der Waals surface area contributed by atoms with E-state index in [1.165, 1.54) is 4.90 Å². The van der Waals surface area contributed by atoms with Crippen LogP contribution in [0.25, 0.3) is 0 Å². The van der Waals surface area contributed by atoms with Crippen molar-refractivity contribution in [3.05, 3.63) is 0 Å². The van der Waals surface area contributed by atoms with Gasteiger partial charge in [-0.2, -0.15) is 0 Å². The predicted molar refractivity (Wildman–Crippen MR) is 63.1 cm³/mol. The third kappa shape index (κ3) is 2.04. The number of ether oxygens (including phenoxy) is 1. The number of fused-ring (bicyclic) bond motifs is 2. The van der Waals surface area contributed by atoms with E-state index in [9.17, 15) is 14.4 Å². The van der Waals surface area contributed by atoms with Crippen LogP contribution in [0.5, 0.6) is 0 Å². The number of morpholine rings is 1. The molecule has 1 aliphatic carbocycles. The van der Waals surface area contributed by atoms with Crippen LogP contribution in [-0.2, 0) is 19.1 Å². The van der Waals surface area contributed by atoms with Crippen LogP contribution in [0.1, 0.15) is 38.5 Å². The molecular weight excluding hydrogens is 250 g/mol. The van der Waals surface area contributed by atoms with Crippen molar-refractivity contribution in [2.45, 2.75) is 56.8 Å². The molecule has 3 rings (SSSR count). The molecule has 3 fully saturated rings. The Morgan fingerprint density at radius 3 is 2.00 bits per heavy atom. The summed E-state index contributed by atoms with van der Waals surface area (Å²) in [4.78, 5) is 36.6. The van der Waals surface area contributed by atoms with Gasteiger partial charge in [0.25, 0.3) is 11.8 Å². The van der Waals surface area contributed by atoms with Gasteiger partial charge in [0.05, 0.1) is 5.92 Å². The minimum absolute atomic E-state index is 0.136. The lowest BCUT2D eigenvalue weighted by atomic mass is 9.85. The van der Waals surface area contributed by atoms with E-state index in [0.717, 1.165) is 0 Å². The Hall–Kier alpha value is -1.43. The van der Waals surface area contributed by atoms with Gasteiger partial charge in [0.1, 0.15) is 12.2 Å². The first-order chi connectivity index (χ1) is 9.08. The van der Waals surface area contributed by atoms with Gasteiger partial charge in [-0.25, -0.2) is 0 Å². The van der Waals surface area contributed by atoms with Gasteiger partial charge in [0, 0.05) is 6.04 Å². The number of carboxylic acids is 1. The molecule has 0 spiro atoms. The molecule has 3 aliphatic rings. The van der Waals surface area contributed by atoms with Gasteiger partial charge in [-0.15, -0.1) is 0 Å². The second-order valence-corrected chi connectivity index (χ2v) is 5.58. The average molecular weight is 267 g/mol. The molecule has 0 aromatic carbocycles. The number of hydrogen-bond acceptors (Lipinski definition) is 4.